The lowest BCUT2D eigenvalue weighted by atomic mass is 10.0. The van der Waals surface area contributed by atoms with Crippen molar-refractivity contribution in [1.82, 2.24) is 0 Å². The van der Waals surface area contributed by atoms with Gasteiger partial charge in [-0.15, -0.1) is 0 Å². The van der Waals surface area contributed by atoms with Gasteiger partial charge in [-0.25, -0.2) is 4.90 Å². The van der Waals surface area contributed by atoms with Gasteiger partial charge < -0.3 is 14.8 Å². The van der Waals surface area contributed by atoms with Crippen LogP contribution in [0.5, 0.6) is 11.5 Å². The molecule has 0 saturated carbocycles. The van der Waals surface area contributed by atoms with Gasteiger partial charge in [0, 0.05) is 10.7 Å². The van der Waals surface area contributed by atoms with Crippen molar-refractivity contribution in [2.75, 3.05) is 23.9 Å². The number of nitrogens with one attached hydrogen (secondary N) is 1. The van der Waals surface area contributed by atoms with Crippen molar-refractivity contribution in [2.45, 2.75) is 13.8 Å². The first-order valence-electron chi connectivity index (χ1n) is 10.5. The molecule has 7 heteroatoms. The number of amides is 2. The number of anilines is 2. The number of carbonyl (C=O) groups is 2. The van der Waals surface area contributed by atoms with Crippen LogP contribution in [-0.4, -0.2) is 25.5 Å². The Bertz CT molecular complexity index is 1230. The first-order chi connectivity index (χ1) is 15.9. The molecule has 6 nitrogen and oxygen atoms in total. The summed E-state index contributed by atoms with van der Waals surface area (Å²) in [6, 6.07) is 19.2. The predicted molar refractivity (Wildman–Crippen MR) is 130 cm³/mol. The number of aryl methyl sites for hydroxylation is 1. The smallest absolute Gasteiger partial charge is 0.282 e. The number of carbonyl (C=O) groups excluding carboxylic acids is 2. The van der Waals surface area contributed by atoms with E-state index in [4.69, 9.17) is 21.1 Å². The summed E-state index contributed by atoms with van der Waals surface area (Å²) in [5.41, 5.74) is 3.06. The molecule has 33 heavy (non-hydrogen) atoms. The Morgan fingerprint density at radius 2 is 1.58 bits per heavy atom. The monoisotopic (exact) mass is 462 g/mol. The van der Waals surface area contributed by atoms with Crippen LogP contribution in [0.15, 0.2) is 72.4 Å². The molecule has 0 atom stereocenters. The van der Waals surface area contributed by atoms with Crippen molar-refractivity contribution in [3.8, 4) is 11.5 Å². The standard InChI is InChI=1S/C26H23ClN2O4/c1-4-33-21-11-6-17(7-12-21)23-24(28-22-15-18(27)8-5-16(22)2)26(31)29(25(23)30)19-9-13-20(32-3)14-10-19/h5-15,28H,4H2,1-3H3. The molecular weight excluding hydrogens is 440 g/mol. The Morgan fingerprint density at radius 3 is 2.21 bits per heavy atom. The number of benzene rings is 3. The number of hydrogen-bond donors (Lipinski definition) is 1. The second-order valence-electron chi connectivity index (χ2n) is 7.44. The highest BCUT2D eigenvalue weighted by atomic mass is 35.5. The zero-order chi connectivity index (χ0) is 23.5. The maximum absolute atomic E-state index is 13.6. The average Bonchev–Trinajstić information content (AvgIpc) is 3.06. The van der Waals surface area contributed by atoms with Crippen LogP contribution < -0.4 is 19.7 Å². The predicted octanol–water partition coefficient (Wildman–Crippen LogP) is 5.45. The van der Waals surface area contributed by atoms with E-state index in [0.29, 0.717) is 40.1 Å². The number of nitrogens with zero attached hydrogens (tertiary/aromatic N) is 1. The fourth-order valence-electron chi connectivity index (χ4n) is 3.63. The number of ether oxygens (including phenoxy) is 2. The summed E-state index contributed by atoms with van der Waals surface area (Å²) in [4.78, 5) is 28.2. The Hall–Kier alpha value is -3.77. The largest absolute Gasteiger partial charge is 0.497 e. The second-order valence-corrected chi connectivity index (χ2v) is 7.87. The number of imide groups is 1. The van der Waals surface area contributed by atoms with E-state index < -0.39 is 11.8 Å². The lowest BCUT2D eigenvalue weighted by Crippen LogP contribution is -2.32. The topological polar surface area (TPSA) is 67.9 Å². The molecule has 2 amide bonds. The van der Waals surface area contributed by atoms with Crippen LogP contribution in [0, 0.1) is 6.92 Å². The Labute approximate surface area is 197 Å². The maximum atomic E-state index is 13.6. The van der Waals surface area contributed by atoms with E-state index in [1.54, 1.807) is 67.8 Å². The van der Waals surface area contributed by atoms with Crippen LogP contribution in [0.1, 0.15) is 18.1 Å². The van der Waals surface area contributed by atoms with Gasteiger partial charge in [0.05, 0.1) is 25.0 Å². The molecule has 0 saturated heterocycles. The van der Waals surface area contributed by atoms with Gasteiger partial charge in [0.2, 0.25) is 0 Å². The third-order valence-electron chi connectivity index (χ3n) is 5.33. The van der Waals surface area contributed by atoms with Crippen molar-refractivity contribution < 1.29 is 19.1 Å². The summed E-state index contributed by atoms with van der Waals surface area (Å²) >= 11 is 6.18. The van der Waals surface area contributed by atoms with Crippen LogP contribution in [-0.2, 0) is 9.59 Å². The molecule has 0 bridgehead atoms. The molecule has 0 unspecified atom stereocenters. The van der Waals surface area contributed by atoms with Gasteiger partial charge in [-0.2, -0.15) is 0 Å². The summed E-state index contributed by atoms with van der Waals surface area (Å²) in [7, 11) is 1.56. The van der Waals surface area contributed by atoms with E-state index >= 15 is 0 Å². The Kier molecular flexibility index (Phi) is 6.38. The minimum atomic E-state index is -0.451. The first kappa shape index (κ1) is 22.4. The van der Waals surface area contributed by atoms with Gasteiger partial charge in [-0.3, -0.25) is 9.59 Å². The van der Waals surface area contributed by atoms with Gasteiger partial charge in [0.25, 0.3) is 11.8 Å². The zero-order valence-electron chi connectivity index (χ0n) is 18.5. The minimum Gasteiger partial charge on any atom is -0.497 e. The molecule has 1 N–H and O–H groups in total. The lowest BCUT2D eigenvalue weighted by Gasteiger charge is -2.16. The van der Waals surface area contributed by atoms with E-state index in [0.717, 1.165) is 10.5 Å². The molecule has 1 aliphatic rings. The Balaban J connectivity index is 1.80. The van der Waals surface area contributed by atoms with E-state index in [-0.39, 0.29) is 11.3 Å². The highest BCUT2D eigenvalue weighted by molar-refractivity contribution is 6.46. The summed E-state index contributed by atoms with van der Waals surface area (Å²) in [6.45, 7) is 4.33. The van der Waals surface area contributed by atoms with Crippen molar-refractivity contribution >= 4 is 40.4 Å². The third kappa shape index (κ3) is 4.43. The van der Waals surface area contributed by atoms with Crippen molar-refractivity contribution in [1.29, 1.82) is 0 Å². The number of hydrogen-bond acceptors (Lipinski definition) is 5. The van der Waals surface area contributed by atoms with Crippen molar-refractivity contribution in [3.63, 3.8) is 0 Å². The summed E-state index contributed by atoms with van der Waals surface area (Å²) in [5.74, 6) is 0.446. The van der Waals surface area contributed by atoms with E-state index in [1.807, 2.05) is 19.9 Å². The van der Waals surface area contributed by atoms with Gasteiger partial charge in [0.15, 0.2) is 0 Å². The normalized spacial score (nSPS) is 13.5. The van der Waals surface area contributed by atoms with Crippen LogP contribution in [0.2, 0.25) is 5.02 Å². The quantitative estimate of drug-likeness (QED) is 0.473. The molecule has 0 fully saturated rings. The number of rotatable bonds is 7. The third-order valence-corrected chi connectivity index (χ3v) is 5.56. The average molecular weight is 463 g/mol. The molecule has 0 spiro atoms. The Morgan fingerprint density at radius 1 is 0.909 bits per heavy atom. The van der Waals surface area contributed by atoms with Crippen LogP contribution >= 0.6 is 11.6 Å². The second kappa shape index (κ2) is 9.38. The van der Waals surface area contributed by atoms with E-state index in [9.17, 15) is 9.59 Å². The minimum absolute atomic E-state index is 0.186. The highest BCUT2D eigenvalue weighted by Crippen LogP contribution is 2.35. The van der Waals surface area contributed by atoms with Crippen LogP contribution in [0.3, 0.4) is 0 Å². The van der Waals surface area contributed by atoms with Crippen LogP contribution in [0.25, 0.3) is 5.57 Å². The fraction of sp³-hybridized carbons (Fsp3) is 0.154. The molecule has 1 heterocycles. The van der Waals surface area contributed by atoms with Gasteiger partial charge in [-0.1, -0.05) is 29.8 Å². The number of halogens is 1. The van der Waals surface area contributed by atoms with Gasteiger partial charge in [0.1, 0.15) is 17.2 Å². The first-order valence-corrected chi connectivity index (χ1v) is 10.8. The lowest BCUT2D eigenvalue weighted by molar-refractivity contribution is -0.120. The summed E-state index contributed by atoms with van der Waals surface area (Å²) in [5, 5.41) is 3.69. The molecule has 3 aromatic carbocycles. The van der Waals surface area contributed by atoms with Gasteiger partial charge in [-0.05, 0) is 73.5 Å². The zero-order valence-corrected chi connectivity index (χ0v) is 19.3. The summed E-state index contributed by atoms with van der Waals surface area (Å²) in [6.07, 6.45) is 0. The van der Waals surface area contributed by atoms with Crippen LogP contribution in [0.4, 0.5) is 11.4 Å². The van der Waals surface area contributed by atoms with E-state index in [1.165, 1.54) is 0 Å². The molecule has 0 radical (unpaired) electrons. The van der Waals surface area contributed by atoms with Crippen molar-refractivity contribution in [3.05, 3.63) is 88.6 Å². The summed E-state index contributed by atoms with van der Waals surface area (Å²) < 4.78 is 10.7. The molecular formula is C26H23ClN2O4. The van der Waals surface area contributed by atoms with Gasteiger partial charge >= 0.3 is 0 Å². The highest BCUT2D eigenvalue weighted by Gasteiger charge is 2.40. The molecule has 1 aliphatic heterocycles. The molecule has 0 aromatic heterocycles. The molecule has 4 rings (SSSR count). The maximum Gasteiger partial charge on any atom is 0.282 e. The fourth-order valence-corrected chi connectivity index (χ4v) is 3.80. The van der Waals surface area contributed by atoms with Crippen molar-refractivity contribution in [2.24, 2.45) is 0 Å². The van der Waals surface area contributed by atoms with E-state index in [2.05, 4.69) is 5.32 Å². The molecule has 168 valence electrons. The molecule has 3 aromatic rings. The molecule has 0 aliphatic carbocycles. The number of methoxy groups -OCH3 is 1. The SMILES string of the molecule is CCOc1ccc(C2=C(Nc3cc(Cl)ccc3C)C(=O)N(c3ccc(OC)cc3)C2=O)cc1.